The van der Waals surface area contributed by atoms with E-state index in [9.17, 15) is 4.79 Å². The van der Waals surface area contributed by atoms with E-state index in [2.05, 4.69) is 35.7 Å². The number of nitrogens with one attached hydrogen (secondary N) is 1. The first kappa shape index (κ1) is 21.8. The van der Waals surface area contributed by atoms with Gasteiger partial charge in [0, 0.05) is 19.3 Å². The standard InChI is InChI=1S/C20H24N8O4S/c1-33-12-17-23-18(32-25-17)10-27-8-14-16(9-27)31-11-13-7-28(26-24-13)5-6-30-15-3-2-4-21-19(15)20(29)22-14/h2-4,7,14,16H,5-6,8-12H2,1H3,(H,22,29)/t14-,16-/m0/s1. The number of likely N-dealkylation sites (tertiary alicyclic amines) is 1. The molecule has 0 unspecified atom stereocenters. The first-order valence-electron chi connectivity index (χ1n) is 10.6. The minimum Gasteiger partial charge on any atom is -0.489 e. The van der Waals surface area contributed by atoms with E-state index in [-0.39, 0.29) is 23.7 Å². The summed E-state index contributed by atoms with van der Waals surface area (Å²) in [4.78, 5) is 23.9. The number of fused-ring (bicyclic) bond motifs is 4. The lowest BCUT2D eigenvalue weighted by molar-refractivity contribution is 0.0288. The van der Waals surface area contributed by atoms with Crippen LogP contribution in [0.15, 0.2) is 29.0 Å². The monoisotopic (exact) mass is 472 g/mol. The Labute approximate surface area is 194 Å². The van der Waals surface area contributed by atoms with Crippen molar-refractivity contribution in [3.05, 3.63) is 47.6 Å². The van der Waals surface area contributed by atoms with Crippen molar-refractivity contribution in [3.8, 4) is 5.75 Å². The molecule has 2 atom stereocenters. The molecule has 13 heteroatoms. The summed E-state index contributed by atoms with van der Waals surface area (Å²) in [6.45, 7) is 2.74. The van der Waals surface area contributed by atoms with Gasteiger partial charge in [0.05, 0.1) is 43.8 Å². The van der Waals surface area contributed by atoms with Crippen molar-refractivity contribution in [2.24, 2.45) is 0 Å². The SMILES string of the molecule is CSCc1noc(CN2C[C@@H]3NC(=O)c4ncccc4OCCn4cc(nn4)CO[C@H]3C2)n1. The van der Waals surface area contributed by atoms with Gasteiger partial charge in [-0.05, 0) is 18.4 Å². The molecule has 1 fully saturated rings. The highest BCUT2D eigenvalue weighted by Crippen LogP contribution is 2.21. The number of hydrogen-bond acceptors (Lipinski definition) is 11. The van der Waals surface area contributed by atoms with Crippen LogP contribution in [0.25, 0.3) is 0 Å². The molecule has 1 saturated heterocycles. The number of carbonyl (C=O) groups is 1. The lowest BCUT2D eigenvalue weighted by Crippen LogP contribution is -2.44. The highest BCUT2D eigenvalue weighted by Gasteiger charge is 2.36. The Morgan fingerprint density at radius 2 is 2.27 bits per heavy atom. The number of nitrogens with zero attached hydrogens (tertiary/aromatic N) is 7. The third-order valence-electron chi connectivity index (χ3n) is 5.40. The van der Waals surface area contributed by atoms with E-state index >= 15 is 0 Å². The zero-order valence-electron chi connectivity index (χ0n) is 18.1. The Kier molecular flexibility index (Phi) is 6.51. The van der Waals surface area contributed by atoms with Crippen LogP contribution in [0.4, 0.5) is 0 Å². The number of ether oxygens (including phenoxy) is 2. The second-order valence-electron chi connectivity index (χ2n) is 7.83. The van der Waals surface area contributed by atoms with Gasteiger partial charge in [0.2, 0.25) is 5.89 Å². The van der Waals surface area contributed by atoms with Gasteiger partial charge in [-0.25, -0.2) is 9.67 Å². The number of thioether (sulfide) groups is 1. The minimum absolute atomic E-state index is 0.240. The highest BCUT2D eigenvalue weighted by atomic mass is 32.2. The van der Waals surface area contributed by atoms with Crippen LogP contribution in [0.2, 0.25) is 0 Å². The Bertz CT molecular complexity index is 1110. The van der Waals surface area contributed by atoms with Crippen molar-refractivity contribution in [2.45, 2.75) is 37.6 Å². The van der Waals surface area contributed by atoms with Crippen molar-refractivity contribution in [1.29, 1.82) is 0 Å². The maximum atomic E-state index is 13.1. The first-order chi connectivity index (χ1) is 16.2. The van der Waals surface area contributed by atoms with E-state index in [0.717, 1.165) is 5.69 Å². The molecule has 0 spiro atoms. The molecule has 3 aromatic heterocycles. The topological polar surface area (TPSA) is 133 Å². The van der Waals surface area contributed by atoms with Crippen LogP contribution in [0.3, 0.4) is 0 Å². The number of rotatable bonds is 4. The molecule has 0 aliphatic carbocycles. The summed E-state index contributed by atoms with van der Waals surface area (Å²) in [5.74, 6) is 2.03. The quantitative estimate of drug-likeness (QED) is 0.569. The number of aromatic nitrogens is 6. The maximum absolute atomic E-state index is 13.1. The van der Waals surface area contributed by atoms with Gasteiger partial charge in [0.1, 0.15) is 12.3 Å². The van der Waals surface area contributed by atoms with Crippen molar-refractivity contribution in [3.63, 3.8) is 0 Å². The fourth-order valence-electron chi connectivity index (χ4n) is 3.89. The zero-order valence-corrected chi connectivity index (χ0v) is 18.9. The summed E-state index contributed by atoms with van der Waals surface area (Å²) >= 11 is 1.63. The number of carbonyl (C=O) groups excluding carboxylic acids is 1. The lowest BCUT2D eigenvalue weighted by atomic mass is 10.2. The van der Waals surface area contributed by atoms with Crippen LogP contribution < -0.4 is 10.1 Å². The molecular formula is C20H24N8O4S. The number of amides is 1. The Morgan fingerprint density at radius 3 is 3.18 bits per heavy atom. The first-order valence-corrected chi connectivity index (χ1v) is 12.0. The highest BCUT2D eigenvalue weighted by molar-refractivity contribution is 7.97. The van der Waals surface area contributed by atoms with Crippen LogP contribution in [0, 0.1) is 0 Å². The molecule has 2 aliphatic rings. The maximum Gasteiger partial charge on any atom is 0.274 e. The largest absolute Gasteiger partial charge is 0.489 e. The van der Waals surface area contributed by atoms with E-state index in [1.807, 2.05) is 12.5 Å². The molecule has 5 heterocycles. The molecule has 5 rings (SSSR count). The fraction of sp³-hybridized carbons (Fsp3) is 0.500. The van der Waals surface area contributed by atoms with E-state index < -0.39 is 0 Å². The average Bonchev–Trinajstić information content (AvgIpc) is 3.54. The summed E-state index contributed by atoms with van der Waals surface area (Å²) < 4.78 is 19.1. The molecule has 0 radical (unpaired) electrons. The molecule has 174 valence electrons. The minimum atomic E-state index is -0.306. The molecule has 1 amide bonds. The van der Waals surface area contributed by atoms with Gasteiger partial charge in [-0.2, -0.15) is 16.7 Å². The number of hydrogen-bond donors (Lipinski definition) is 1. The van der Waals surface area contributed by atoms with Crippen molar-refractivity contribution in [1.82, 2.24) is 40.3 Å². The summed E-state index contributed by atoms with van der Waals surface area (Å²) in [6, 6.07) is 3.21. The Morgan fingerprint density at radius 1 is 1.33 bits per heavy atom. The summed E-state index contributed by atoms with van der Waals surface area (Å²) in [6.07, 6.45) is 5.14. The lowest BCUT2D eigenvalue weighted by Gasteiger charge is -2.20. The van der Waals surface area contributed by atoms with Crippen molar-refractivity contribution in [2.75, 3.05) is 26.0 Å². The van der Waals surface area contributed by atoms with Gasteiger partial charge in [0.25, 0.3) is 5.91 Å². The average molecular weight is 473 g/mol. The van der Waals surface area contributed by atoms with Crippen LogP contribution in [-0.2, 0) is 30.2 Å². The van der Waals surface area contributed by atoms with E-state index in [1.54, 1.807) is 34.8 Å². The van der Waals surface area contributed by atoms with Crippen molar-refractivity contribution < 1.29 is 18.8 Å². The van der Waals surface area contributed by atoms with Gasteiger partial charge in [-0.15, -0.1) is 5.10 Å². The third kappa shape index (κ3) is 5.15. The van der Waals surface area contributed by atoms with Crippen molar-refractivity contribution >= 4 is 17.7 Å². The second-order valence-corrected chi connectivity index (χ2v) is 8.70. The van der Waals surface area contributed by atoms with E-state index in [1.165, 1.54) is 0 Å². The predicted molar refractivity (Wildman–Crippen MR) is 116 cm³/mol. The van der Waals surface area contributed by atoms with Crippen LogP contribution in [0.1, 0.15) is 27.9 Å². The van der Waals surface area contributed by atoms with Gasteiger partial charge >= 0.3 is 0 Å². The Hall–Kier alpha value is -3.03. The summed E-state index contributed by atoms with van der Waals surface area (Å²) in [5, 5.41) is 15.4. The molecule has 33 heavy (non-hydrogen) atoms. The van der Waals surface area contributed by atoms with Crippen LogP contribution >= 0.6 is 11.8 Å². The molecular weight excluding hydrogens is 448 g/mol. The van der Waals surface area contributed by atoms with Crippen LogP contribution in [0.5, 0.6) is 5.75 Å². The zero-order chi connectivity index (χ0) is 22.6. The Balaban J connectivity index is 1.35. The molecule has 0 aromatic carbocycles. The number of pyridine rings is 1. The molecule has 12 nitrogen and oxygen atoms in total. The fourth-order valence-corrected chi connectivity index (χ4v) is 4.27. The van der Waals surface area contributed by atoms with E-state index in [0.29, 0.717) is 62.6 Å². The molecule has 0 saturated carbocycles. The van der Waals surface area contributed by atoms with Gasteiger partial charge in [-0.3, -0.25) is 9.69 Å². The van der Waals surface area contributed by atoms with Crippen LogP contribution in [-0.4, -0.2) is 79.0 Å². The predicted octanol–water partition coefficient (Wildman–Crippen LogP) is 0.511. The summed E-state index contributed by atoms with van der Waals surface area (Å²) in [7, 11) is 0. The summed E-state index contributed by atoms with van der Waals surface area (Å²) in [5.41, 5.74) is 0.959. The third-order valence-corrected chi connectivity index (χ3v) is 5.94. The van der Waals surface area contributed by atoms with Gasteiger partial charge < -0.3 is 19.3 Å². The molecule has 2 aliphatic heterocycles. The second kappa shape index (κ2) is 9.85. The molecule has 2 bridgehead atoms. The molecule has 3 aromatic rings. The van der Waals surface area contributed by atoms with E-state index in [4.69, 9.17) is 14.0 Å². The van der Waals surface area contributed by atoms with Gasteiger partial charge in [0.15, 0.2) is 17.3 Å². The smallest absolute Gasteiger partial charge is 0.274 e. The normalized spacial score (nSPS) is 21.5. The molecule has 1 N–H and O–H groups in total. The van der Waals surface area contributed by atoms with Gasteiger partial charge in [-0.1, -0.05) is 10.4 Å².